The lowest BCUT2D eigenvalue weighted by molar-refractivity contribution is 0.418. The Morgan fingerprint density at radius 1 is 1.27 bits per heavy atom. The maximum Gasteiger partial charge on any atom is 0.164 e. The van der Waals surface area contributed by atoms with Crippen LogP contribution in [0.15, 0.2) is 29.2 Å². The maximum atomic E-state index is 4.58. The van der Waals surface area contributed by atoms with Crippen molar-refractivity contribution < 1.29 is 4.52 Å². The fourth-order valence-electron chi connectivity index (χ4n) is 0.722. The maximum absolute atomic E-state index is 4.58. The van der Waals surface area contributed by atoms with E-state index in [4.69, 9.17) is 0 Å². The summed E-state index contributed by atoms with van der Waals surface area (Å²) < 4.78 is 4.58. The minimum absolute atomic E-state index is 0.578. The molecule has 0 aliphatic carbocycles. The molecule has 2 aromatic heterocycles. The molecule has 0 saturated carbocycles. The van der Waals surface area contributed by atoms with E-state index in [0.717, 1.165) is 0 Å². The molecule has 0 aromatic carbocycles. The first-order valence-electron chi connectivity index (χ1n) is 3.06. The zero-order valence-electron chi connectivity index (χ0n) is 5.56. The number of rotatable bonds is 1. The molecular formula is C7H4N3O. The molecule has 0 bridgehead atoms. The molecule has 0 fully saturated rings. The van der Waals surface area contributed by atoms with E-state index in [0.29, 0.717) is 11.4 Å². The Hall–Kier alpha value is -1.71. The van der Waals surface area contributed by atoms with Gasteiger partial charge in [0.05, 0.1) is 5.56 Å². The molecule has 0 aliphatic heterocycles. The van der Waals surface area contributed by atoms with E-state index in [1.165, 1.54) is 6.26 Å². The summed E-state index contributed by atoms with van der Waals surface area (Å²) in [4.78, 5) is 7.96. The van der Waals surface area contributed by atoms with Crippen LogP contribution in [0.5, 0.6) is 0 Å². The highest BCUT2D eigenvalue weighted by molar-refractivity contribution is 5.49. The van der Waals surface area contributed by atoms with Crippen molar-refractivity contribution in [3.63, 3.8) is 0 Å². The molecule has 11 heavy (non-hydrogen) atoms. The molecule has 0 amide bonds. The van der Waals surface area contributed by atoms with E-state index in [9.17, 15) is 0 Å². The first-order chi connectivity index (χ1) is 5.47. The summed E-state index contributed by atoms with van der Waals surface area (Å²) >= 11 is 0. The Bertz CT molecular complexity index is 317. The number of hydrogen-bond donors (Lipinski definition) is 0. The van der Waals surface area contributed by atoms with Crippen molar-refractivity contribution in [1.29, 1.82) is 0 Å². The summed E-state index contributed by atoms with van der Waals surface area (Å²) in [7, 11) is 0. The Labute approximate surface area is 62.9 Å². The van der Waals surface area contributed by atoms with Crippen molar-refractivity contribution >= 4 is 0 Å². The summed E-state index contributed by atoms with van der Waals surface area (Å²) in [6.45, 7) is 0. The molecule has 2 aromatic rings. The van der Waals surface area contributed by atoms with Crippen molar-refractivity contribution in [3.8, 4) is 11.4 Å². The smallest absolute Gasteiger partial charge is 0.164 e. The molecular weight excluding hydrogens is 142 g/mol. The highest BCUT2D eigenvalue weighted by atomic mass is 16.5. The van der Waals surface area contributed by atoms with Crippen LogP contribution in [0.1, 0.15) is 0 Å². The van der Waals surface area contributed by atoms with Gasteiger partial charge in [-0.05, 0) is 6.07 Å². The van der Waals surface area contributed by atoms with E-state index < -0.39 is 0 Å². The van der Waals surface area contributed by atoms with Crippen molar-refractivity contribution in [3.05, 3.63) is 30.9 Å². The number of aromatic nitrogens is 3. The van der Waals surface area contributed by atoms with Crippen LogP contribution in [0.3, 0.4) is 0 Å². The molecule has 53 valence electrons. The molecule has 1 radical (unpaired) electrons. The lowest BCUT2D eigenvalue weighted by atomic mass is 10.3. The summed E-state index contributed by atoms with van der Waals surface area (Å²) in [5, 5.41) is 3.42. The molecule has 0 N–H and O–H groups in total. The Morgan fingerprint density at radius 2 is 2.09 bits per heavy atom. The molecule has 4 nitrogen and oxygen atoms in total. The van der Waals surface area contributed by atoms with Crippen LogP contribution in [-0.2, 0) is 0 Å². The largest absolute Gasteiger partial charge is 0.363 e. The quantitative estimate of drug-likeness (QED) is 0.600. The van der Waals surface area contributed by atoms with E-state index in [-0.39, 0.29) is 0 Å². The van der Waals surface area contributed by atoms with Gasteiger partial charge in [0.15, 0.2) is 5.82 Å². The lowest BCUT2D eigenvalue weighted by Crippen LogP contribution is -1.83. The van der Waals surface area contributed by atoms with Crippen LogP contribution in [0.4, 0.5) is 0 Å². The second kappa shape index (κ2) is 2.49. The zero-order valence-corrected chi connectivity index (χ0v) is 5.56. The molecule has 0 aliphatic rings. The predicted molar refractivity (Wildman–Crippen MR) is 36.4 cm³/mol. The van der Waals surface area contributed by atoms with E-state index in [1.54, 1.807) is 18.5 Å². The molecule has 0 spiro atoms. The standard InChI is InChI=1S/C7H4N3O/c1-2-8-7(9-3-1)6-4-10-11-5-6/h1-3,5H. The molecule has 4 heteroatoms. The van der Waals surface area contributed by atoms with Gasteiger partial charge in [-0.2, -0.15) is 0 Å². The minimum atomic E-state index is 0.578. The summed E-state index contributed by atoms with van der Waals surface area (Å²) in [6, 6.07) is 1.75. The summed E-state index contributed by atoms with van der Waals surface area (Å²) in [5.41, 5.74) is 0.672. The highest BCUT2D eigenvalue weighted by Crippen LogP contribution is 2.09. The van der Waals surface area contributed by atoms with Crippen LogP contribution >= 0.6 is 0 Å². The second-order valence-electron chi connectivity index (χ2n) is 1.91. The van der Waals surface area contributed by atoms with Crippen molar-refractivity contribution in [2.75, 3.05) is 0 Å². The van der Waals surface area contributed by atoms with Gasteiger partial charge < -0.3 is 4.52 Å². The van der Waals surface area contributed by atoms with E-state index >= 15 is 0 Å². The van der Waals surface area contributed by atoms with Gasteiger partial charge in [0, 0.05) is 12.4 Å². The monoisotopic (exact) mass is 146 g/mol. The third-order valence-corrected chi connectivity index (χ3v) is 1.20. The fraction of sp³-hybridized carbons (Fsp3) is 0. The average molecular weight is 146 g/mol. The Kier molecular flexibility index (Phi) is 1.37. The second-order valence-corrected chi connectivity index (χ2v) is 1.91. The normalized spacial score (nSPS) is 9.82. The van der Waals surface area contributed by atoms with E-state index in [1.807, 2.05) is 0 Å². The number of hydrogen-bond acceptors (Lipinski definition) is 4. The first-order valence-corrected chi connectivity index (χ1v) is 3.06. The molecule has 0 unspecified atom stereocenters. The van der Waals surface area contributed by atoms with E-state index in [2.05, 4.69) is 25.8 Å². The molecule has 2 rings (SSSR count). The van der Waals surface area contributed by atoms with Gasteiger partial charge in [0.2, 0.25) is 0 Å². The lowest BCUT2D eigenvalue weighted by Gasteiger charge is -1.88. The minimum Gasteiger partial charge on any atom is -0.363 e. The van der Waals surface area contributed by atoms with Crippen LogP contribution in [-0.4, -0.2) is 15.1 Å². The first kappa shape index (κ1) is 6.03. The van der Waals surface area contributed by atoms with Gasteiger partial charge in [0.1, 0.15) is 12.5 Å². The van der Waals surface area contributed by atoms with Gasteiger partial charge in [0.25, 0.3) is 0 Å². The summed E-state index contributed by atoms with van der Waals surface area (Å²) in [5.74, 6) is 0.578. The van der Waals surface area contributed by atoms with Gasteiger partial charge in [-0.1, -0.05) is 5.16 Å². The van der Waals surface area contributed by atoms with Crippen molar-refractivity contribution in [2.24, 2.45) is 0 Å². The van der Waals surface area contributed by atoms with Crippen LogP contribution < -0.4 is 0 Å². The number of nitrogens with zero attached hydrogens (tertiary/aromatic N) is 3. The fourth-order valence-corrected chi connectivity index (χ4v) is 0.722. The Morgan fingerprint density at radius 3 is 2.73 bits per heavy atom. The average Bonchev–Trinajstić information content (AvgIpc) is 2.58. The molecule has 2 heterocycles. The zero-order chi connectivity index (χ0) is 7.52. The molecule has 0 atom stereocenters. The molecule has 0 saturated heterocycles. The van der Waals surface area contributed by atoms with Gasteiger partial charge in [-0.25, -0.2) is 9.97 Å². The van der Waals surface area contributed by atoms with Gasteiger partial charge in [-0.15, -0.1) is 0 Å². The van der Waals surface area contributed by atoms with Gasteiger partial charge >= 0.3 is 0 Å². The highest BCUT2D eigenvalue weighted by Gasteiger charge is 2.00. The van der Waals surface area contributed by atoms with Crippen LogP contribution in [0.25, 0.3) is 11.4 Å². The SMILES string of the molecule is [c]1nocc1-c1ncccn1. The van der Waals surface area contributed by atoms with Crippen molar-refractivity contribution in [1.82, 2.24) is 15.1 Å². The third kappa shape index (κ3) is 1.10. The topological polar surface area (TPSA) is 51.8 Å². The predicted octanol–water partition coefficient (Wildman–Crippen LogP) is 0.932. The summed E-state index contributed by atoms with van der Waals surface area (Å²) in [6.07, 6.45) is 7.38. The van der Waals surface area contributed by atoms with Gasteiger partial charge in [-0.3, -0.25) is 0 Å². The van der Waals surface area contributed by atoms with Crippen LogP contribution in [0, 0.1) is 6.20 Å². The third-order valence-electron chi connectivity index (χ3n) is 1.20. The van der Waals surface area contributed by atoms with Crippen LogP contribution in [0.2, 0.25) is 0 Å². The van der Waals surface area contributed by atoms with Crippen molar-refractivity contribution in [2.45, 2.75) is 0 Å². The Balaban J connectivity index is 2.46.